The van der Waals surface area contributed by atoms with E-state index in [0.717, 1.165) is 23.4 Å². The van der Waals surface area contributed by atoms with E-state index in [2.05, 4.69) is 34.5 Å². The first kappa shape index (κ1) is 11.7. The third kappa shape index (κ3) is 1.81. The molecule has 2 aromatic heterocycles. The smallest absolute Gasteiger partial charge is 0.161 e. The summed E-state index contributed by atoms with van der Waals surface area (Å²) in [5.74, 6) is 1.16. The van der Waals surface area contributed by atoms with Crippen molar-refractivity contribution in [3.05, 3.63) is 24.2 Å². The van der Waals surface area contributed by atoms with E-state index in [0.29, 0.717) is 6.17 Å². The lowest BCUT2D eigenvalue weighted by atomic mass is 10.1. The second-order valence-electron chi connectivity index (χ2n) is 5.05. The highest BCUT2D eigenvalue weighted by Gasteiger charge is 2.24. The van der Waals surface area contributed by atoms with Crippen LogP contribution in [0.4, 0.5) is 0 Å². The van der Waals surface area contributed by atoms with Crippen LogP contribution in [0.15, 0.2) is 18.3 Å². The zero-order valence-electron chi connectivity index (χ0n) is 11.1. The molecular formula is C14H20N4. The number of fused-ring (bicyclic) bond motifs is 1. The molecule has 1 atom stereocenters. The number of aromatic nitrogens is 3. The molecule has 18 heavy (non-hydrogen) atoms. The summed E-state index contributed by atoms with van der Waals surface area (Å²) in [4.78, 5) is 11.7. The van der Waals surface area contributed by atoms with Crippen LogP contribution in [0.3, 0.4) is 0 Å². The van der Waals surface area contributed by atoms with Crippen molar-refractivity contribution in [1.29, 1.82) is 0 Å². The molecule has 0 saturated carbocycles. The monoisotopic (exact) mass is 244 g/mol. The Morgan fingerprint density at radius 1 is 1.39 bits per heavy atom. The summed E-state index contributed by atoms with van der Waals surface area (Å²) in [6.07, 6.45) is 7.04. The average molecular weight is 244 g/mol. The fourth-order valence-electron chi connectivity index (χ4n) is 2.92. The maximum atomic E-state index is 4.71. The van der Waals surface area contributed by atoms with Gasteiger partial charge in [0.25, 0.3) is 0 Å². The summed E-state index contributed by atoms with van der Waals surface area (Å²) >= 11 is 0. The zero-order valence-corrected chi connectivity index (χ0v) is 11.1. The Morgan fingerprint density at radius 3 is 3.06 bits per heavy atom. The van der Waals surface area contributed by atoms with Crippen molar-refractivity contribution in [2.75, 3.05) is 13.6 Å². The van der Waals surface area contributed by atoms with E-state index in [1.165, 1.54) is 25.8 Å². The summed E-state index contributed by atoms with van der Waals surface area (Å²) in [5, 5.41) is 0. The normalized spacial score (nSPS) is 21.6. The van der Waals surface area contributed by atoms with E-state index in [9.17, 15) is 0 Å². The van der Waals surface area contributed by atoms with Crippen LogP contribution < -0.4 is 0 Å². The molecule has 0 aliphatic carbocycles. The van der Waals surface area contributed by atoms with Crippen molar-refractivity contribution in [3.63, 3.8) is 0 Å². The molecule has 0 radical (unpaired) electrons. The third-order valence-electron chi connectivity index (χ3n) is 3.87. The molecule has 0 N–H and O–H groups in total. The minimum absolute atomic E-state index is 0.425. The van der Waals surface area contributed by atoms with Gasteiger partial charge in [0.2, 0.25) is 0 Å². The quantitative estimate of drug-likeness (QED) is 0.814. The number of rotatable bonds is 2. The summed E-state index contributed by atoms with van der Waals surface area (Å²) in [6, 6.07) is 4.02. The van der Waals surface area contributed by atoms with E-state index < -0.39 is 0 Å². The number of aryl methyl sites for hydroxylation is 1. The second kappa shape index (κ2) is 4.69. The topological polar surface area (TPSA) is 34.0 Å². The molecule has 2 aromatic rings. The number of pyridine rings is 1. The zero-order chi connectivity index (χ0) is 12.5. The predicted molar refractivity (Wildman–Crippen MR) is 72.4 cm³/mol. The van der Waals surface area contributed by atoms with Crippen LogP contribution >= 0.6 is 0 Å². The maximum absolute atomic E-state index is 4.71. The maximum Gasteiger partial charge on any atom is 0.161 e. The van der Waals surface area contributed by atoms with Crippen LogP contribution in [0, 0.1) is 0 Å². The molecule has 96 valence electrons. The largest absolute Gasteiger partial charge is 0.296 e. The Kier molecular flexibility index (Phi) is 3.04. The molecular weight excluding hydrogens is 224 g/mol. The highest BCUT2D eigenvalue weighted by atomic mass is 15.3. The van der Waals surface area contributed by atoms with Gasteiger partial charge in [-0.2, -0.15) is 0 Å². The lowest BCUT2D eigenvalue weighted by Gasteiger charge is -2.34. The first-order chi connectivity index (χ1) is 8.81. The molecule has 4 nitrogen and oxygen atoms in total. The van der Waals surface area contributed by atoms with Crippen molar-refractivity contribution in [1.82, 2.24) is 19.4 Å². The fourth-order valence-corrected chi connectivity index (χ4v) is 2.92. The van der Waals surface area contributed by atoms with Crippen LogP contribution in [0.25, 0.3) is 11.2 Å². The third-order valence-corrected chi connectivity index (χ3v) is 3.87. The summed E-state index contributed by atoms with van der Waals surface area (Å²) in [5.41, 5.74) is 2.06. The lowest BCUT2D eigenvalue weighted by Crippen LogP contribution is -2.34. The van der Waals surface area contributed by atoms with Gasteiger partial charge in [-0.05, 0) is 45.0 Å². The van der Waals surface area contributed by atoms with E-state index in [4.69, 9.17) is 4.98 Å². The highest BCUT2D eigenvalue weighted by Crippen LogP contribution is 2.29. The molecule has 1 unspecified atom stereocenters. The Bertz CT molecular complexity index is 546. The first-order valence-corrected chi connectivity index (χ1v) is 6.83. The number of nitrogens with zero attached hydrogens (tertiary/aromatic N) is 4. The molecule has 4 heteroatoms. The molecule has 1 aliphatic rings. The van der Waals surface area contributed by atoms with Crippen LogP contribution in [0.2, 0.25) is 0 Å². The van der Waals surface area contributed by atoms with Crippen molar-refractivity contribution >= 4 is 11.2 Å². The molecule has 1 saturated heterocycles. The molecule has 0 aromatic carbocycles. The molecule has 1 aliphatic heterocycles. The molecule has 3 rings (SSSR count). The number of hydrogen-bond donors (Lipinski definition) is 0. The number of piperidine rings is 1. The summed E-state index contributed by atoms with van der Waals surface area (Å²) in [7, 11) is 2.21. The van der Waals surface area contributed by atoms with Gasteiger partial charge in [0, 0.05) is 12.6 Å². The van der Waals surface area contributed by atoms with Gasteiger partial charge >= 0.3 is 0 Å². The first-order valence-electron chi connectivity index (χ1n) is 6.83. The highest BCUT2D eigenvalue weighted by molar-refractivity contribution is 5.71. The second-order valence-corrected chi connectivity index (χ2v) is 5.05. The van der Waals surface area contributed by atoms with Gasteiger partial charge in [-0.1, -0.05) is 6.92 Å². The number of imidazole rings is 1. The summed E-state index contributed by atoms with van der Waals surface area (Å²) < 4.78 is 2.34. The van der Waals surface area contributed by atoms with E-state index >= 15 is 0 Å². The standard InChI is InChI=1S/C14H20N4/c1-3-12-16-11-7-6-9-15-14(11)18(12)13-8-4-5-10-17(13)2/h6-7,9,13H,3-5,8,10H2,1-2H3. The number of hydrogen-bond acceptors (Lipinski definition) is 3. The van der Waals surface area contributed by atoms with Gasteiger partial charge in [-0.25, -0.2) is 9.97 Å². The van der Waals surface area contributed by atoms with Gasteiger partial charge in [0.15, 0.2) is 5.65 Å². The van der Waals surface area contributed by atoms with Crippen LogP contribution in [-0.2, 0) is 6.42 Å². The Morgan fingerprint density at radius 2 is 2.28 bits per heavy atom. The molecule has 0 amide bonds. The van der Waals surface area contributed by atoms with Crippen LogP contribution in [0.1, 0.15) is 38.2 Å². The molecule has 3 heterocycles. The van der Waals surface area contributed by atoms with Crippen molar-refractivity contribution < 1.29 is 0 Å². The van der Waals surface area contributed by atoms with Crippen molar-refractivity contribution in [2.24, 2.45) is 0 Å². The Labute approximate surface area is 108 Å². The Hall–Kier alpha value is -1.42. The SMILES string of the molecule is CCc1nc2cccnc2n1C1CCCCN1C. The van der Waals surface area contributed by atoms with E-state index in [1.807, 2.05) is 12.3 Å². The van der Waals surface area contributed by atoms with Crippen molar-refractivity contribution in [2.45, 2.75) is 38.8 Å². The molecule has 1 fully saturated rings. The fraction of sp³-hybridized carbons (Fsp3) is 0.571. The van der Waals surface area contributed by atoms with Gasteiger partial charge in [-0.15, -0.1) is 0 Å². The number of likely N-dealkylation sites (tertiary alicyclic amines) is 1. The molecule has 0 bridgehead atoms. The minimum atomic E-state index is 0.425. The van der Waals surface area contributed by atoms with E-state index in [1.54, 1.807) is 0 Å². The predicted octanol–water partition coefficient (Wildman–Crippen LogP) is 2.61. The van der Waals surface area contributed by atoms with Crippen LogP contribution in [0.5, 0.6) is 0 Å². The molecule has 0 spiro atoms. The van der Waals surface area contributed by atoms with Gasteiger partial charge in [0.05, 0.1) is 6.17 Å². The van der Waals surface area contributed by atoms with Crippen LogP contribution in [-0.4, -0.2) is 33.0 Å². The van der Waals surface area contributed by atoms with E-state index in [-0.39, 0.29) is 0 Å². The summed E-state index contributed by atoms with van der Waals surface area (Å²) in [6.45, 7) is 3.33. The van der Waals surface area contributed by atoms with Crippen molar-refractivity contribution in [3.8, 4) is 0 Å². The van der Waals surface area contributed by atoms with Gasteiger partial charge in [0.1, 0.15) is 11.3 Å². The lowest BCUT2D eigenvalue weighted by molar-refractivity contribution is 0.127. The minimum Gasteiger partial charge on any atom is -0.296 e. The van der Waals surface area contributed by atoms with Gasteiger partial charge in [-0.3, -0.25) is 9.47 Å². The average Bonchev–Trinajstić information content (AvgIpc) is 2.78. The van der Waals surface area contributed by atoms with Gasteiger partial charge < -0.3 is 0 Å². The Balaban J connectivity index is 2.13.